The molecule has 0 saturated heterocycles. The number of amides is 1. The number of allylic oxidation sites excluding steroid dienone is 3. The molecule has 6 heteroatoms. The largest absolute Gasteiger partial charge is 0.466 e. The van der Waals surface area contributed by atoms with Crippen LogP contribution < -0.4 is 5.32 Å². The highest BCUT2D eigenvalue weighted by Gasteiger charge is 2.18. The van der Waals surface area contributed by atoms with E-state index in [0.29, 0.717) is 19.4 Å². The van der Waals surface area contributed by atoms with Crippen molar-refractivity contribution in [1.82, 2.24) is 5.32 Å². The van der Waals surface area contributed by atoms with E-state index in [4.69, 9.17) is 4.74 Å². The molecule has 3 N–H and O–H groups in total. The van der Waals surface area contributed by atoms with Crippen LogP contribution in [0.3, 0.4) is 0 Å². The van der Waals surface area contributed by atoms with E-state index in [1.807, 2.05) is 6.08 Å². The lowest BCUT2D eigenvalue weighted by Crippen LogP contribution is -2.45. The molecule has 0 radical (unpaired) electrons. The Bertz CT molecular complexity index is 1040. The van der Waals surface area contributed by atoms with Gasteiger partial charge in [-0.05, 0) is 57.8 Å². The number of carbonyl (C=O) groups excluding carboxylic acids is 2. The number of carbonyl (C=O) groups is 2. The van der Waals surface area contributed by atoms with Crippen LogP contribution in [0.4, 0.5) is 0 Å². The Kier molecular flexibility index (Phi) is 55.5. The van der Waals surface area contributed by atoms with Crippen molar-refractivity contribution in [2.75, 3.05) is 13.2 Å². The summed E-state index contributed by atoms with van der Waals surface area (Å²) >= 11 is 0. The first-order valence-electron chi connectivity index (χ1n) is 30.1. The van der Waals surface area contributed by atoms with Crippen LogP contribution in [-0.2, 0) is 14.3 Å². The highest BCUT2D eigenvalue weighted by atomic mass is 16.5. The minimum atomic E-state index is -0.863. The maximum absolute atomic E-state index is 12.5. The van der Waals surface area contributed by atoms with E-state index in [0.717, 1.165) is 83.5 Å². The number of rotatable bonds is 56. The van der Waals surface area contributed by atoms with Crippen LogP contribution >= 0.6 is 0 Å². The molecule has 67 heavy (non-hydrogen) atoms. The fourth-order valence-corrected chi connectivity index (χ4v) is 9.34. The maximum atomic E-state index is 12.5. The number of ether oxygens (including phenoxy) is 1. The Hall–Kier alpha value is -1.66. The van der Waals surface area contributed by atoms with E-state index in [1.165, 1.54) is 218 Å². The molecule has 0 aliphatic heterocycles. The zero-order chi connectivity index (χ0) is 48.6. The zero-order valence-electron chi connectivity index (χ0n) is 45.1. The zero-order valence-corrected chi connectivity index (χ0v) is 45.1. The maximum Gasteiger partial charge on any atom is 0.305 e. The minimum absolute atomic E-state index is 0.0293. The summed E-state index contributed by atoms with van der Waals surface area (Å²) in [6.45, 7) is 4.85. The SMILES string of the molecule is CCCCCCCCCCCCCCCCCCCCCCCC/C=C/C(O)C(CO)NC(=O)CCCCCCC/C=C\CCCCOC(=O)CCCCCCCCCCCCCCCCC. The molecule has 6 nitrogen and oxygen atoms in total. The van der Waals surface area contributed by atoms with Crippen molar-refractivity contribution in [3.8, 4) is 0 Å². The predicted molar refractivity (Wildman–Crippen MR) is 292 cm³/mol. The van der Waals surface area contributed by atoms with Crippen LogP contribution in [0.25, 0.3) is 0 Å². The van der Waals surface area contributed by atoms with Crippen LogP contribution in [0, 0.1) is 0 Å². The lowest BCUT2D eigenvalue weighted by Gasteiger charge is -2.20. The van der Waals surface area contributed by atoms with Gasteiger partial charge >= 0.3 is 5.97 Å². The summed E-state index contributed by atoms with van der Waals surface area (Å²) in [5.74, 6) is -0.123. The summed E-state index contributed by atoms with van der Waals surface area (Å²) in [5.41, 5.74) is 0. The van der Waals surface area contributed by atoms with Gasteiger partial charge in [-0.3, -0.25) is 9.59 Å². The topological polar surface area (TPSA) is 95.9 Å². The van der Waals surface area contributed by atoms with Gasteiger partial charge in [-0.2, -0.15) is 0 Å². The van der Waals surface area contributed by atoms with Crippen molar-refractivity contribution in [3.05, 3.63) is 24.3 Å². The molecular weight excluding hydrogens is 827 g/mol. The Balaban J connectivity index is 3.52. The molecule has 2 unspecified atom stereocenters. The number of aliphatic hydroxyl groups excluding tert-OH is 2. The van der Waals surface area contributed by atoms with E-state index in [-0.39, 0.29) is 18.5 Å². The number of unbranched alkanes of at least 4 members (excludes halogenated alkanes) is 43. The quantitative estimate of drug-likeness (QED) is 0.0321. The summed E-state index contributed by atoms with van der Waals surface area (Å²) in [5, 5.41) is 23.2. The lowest BCUT2D eigenvalue weighted by molar-refractivity contribution is -0.143. The third kappa shape index (κ3) is 53.5. The normalized spacial score (nSPS) is 12.7. The first-order valence-corrected chi connectivity index (χ1v) is 30.1. The van der Waals surface area contributed by atoms with Gasteiger partial charge in [-0.25, -0.2) is 0 Å². The van der Waals surface area contributed by atoms with Gasteiger partial charge in [-0.1, -0.05) is 282 Å². The molecule has 0 rings (SSSR count). The second-order valence-corrected chi connectivity index (χ2v) is 20.7. The molecule has 0 spiro atoms. The Morgan fingerprint density at radius 2 is 0.701 bits per heavy atom. The van der Waals surface area contributed by atoms with Gasteiger partial charge in [0.05, 0.1) is 25.4 Å². The summed E-state index contributed by atoms with van der Waals surface area (Å²) in [4.78, 5) is 24.5. The summed E-state index contributed by atoms with van der Waals surface area (Å²) in [6, 6.07) is -0.649. The molecule has 0 bridgehead atoms. The monoisotopic (exact) mass is 944 g/mol. The van der Waals surface area contributed by atoms with Crippen LogP contribution in [0.15, 0.2) is 24.3 Å². The number of hydrogen-bond donors (Lipinski definition) is 3. The molecule has 396 valence electrons. The fourth-order valence-electron chi connectivity index (χ4n) is 9.34. The third-order valence-corrected chi connectivity index (χ3v) is 14.0. The van der Waals surface area contributed by atoms with Gasteiger partial charge in [0.1, 0.15) is 0 Å². The molecule has 0 aromatic rings. The highest BCUT2D eigenvalue weighted by Crippen LogP contribution is 2.17. The van der Waals surface area contributed by atoms with Crippen molar-refractivity contribution >= 4 is 11.9 Å². The van der Waals surface area contributed by atoms with E-state index < -0.39 is 12.1 Å². The lowest BCUT2D eigenvalue weighted by atomic mass is 10.0. The highest BCUT2D eigenvalue weighted by molar-refractivity contribution is 5.76. The average Bonchev–Trinajstić information content (AvgIpc) is 3.33. The molecule has 0 fully saturated rings. The van der Waals surface area contributed by atoms with Gasteiger partial charge in [0.25, 0.3) is 0 Å². The minimum Gasteiger partial charge on any atom is -0.466 e. The first kappa shape index (κ1) is 65.3. The molecule has 2 atom stereocenters. The molecular formula is C61H117NO5. The van der Waals surface area contributed by atoms with Gasteiger partial charge < -0.3 is 20.3 Å². The number of hydrogen-bond acceptors (Lipinski definition) is 5. The number of nitrogens with one attached hydrogen (secondary N) is 1. The van der Waals surface area contributed by atoms with Crippen molar-refractivity contribution in [2.24, 2.45) is 0 Å². The van der Waals surface area contributed by atoms with E-state index in [1.54, 1.807) is 6.08 Å². The average molecular weight is 945 g/mol. The van der Waals surface area contributed by atoms with Gasteiger partial charge in [-0.15, -0.1) is 0 Å². The summed E-state index contributed by atoms with van der Waals surface area (Å²) in [7, 11) is 0. The van der Waals surface area contributed by atoms with Crippen LogP contribution in [0.2, 0.25) is 0 Å². The van der Waals surface area contributed by atoms with Gasteiger partial charge in [0.15, 0.2) is 0 Å². The molecule has 0 heterocycles. The van der Waals surface area contributed by atoms with Crippen molar-refractivity contribution < 1.29 is 24.5 Å². The van der Waals surface area contributed by atoms with E-state index in [9.17, 15) is 19.8 Å². The standard InChI is InChI=1S/C61H117NO5/c1-3-5-7-9-11-13-15-17-19-20-21-22-23-24-25-26-27-29-30-33-37-41-45-49-53-59(64)58(57-63)62-60(65)54-50-46-42-38-34-32-36-40-44-48-52-56-67-61(66)55-51-47-43-39-35-31-28-18-16-14-12-10-8-6-4-2/h36,40,49,53,58-59,63-64H,3-35,37-39,41-48,50-52,54-57H2,1-2H3,(H,62,65)/b40-36-,53-49+. The Morgan fingerprint density at radius 1 is 0.403 bits per heavy atom. The Morgan fingerprint density at radius 3 is 1.06 bits per heavy atom. The van der Waals surface area contributed by atoms with Crippen LogP contribution in [-0.4, -0.2) is 47.4 Å². The van der Waals surface area contributed by atoms with Crippen molar-refractivity contribution in [1.29, 1.82) is 0 Å². The molecule has 0 aliphatic carbocycles. The molecule has 0 aliphatic rings. The fraction of sp³-hybridized carbons (Fsp3) is 0.902. The van der Waals surface area contributed by atoms with E-state index >= 15 is 0 Å². The summed E-state index contributed by atoms with van der Waals surface area (Å²) in [6.07, 6.45) is 69.3. The van der Waals surface area contributed by atoms with Crippen LogP contribution in [0.5, 0.6) is 0 Å². The molecule has 1 amide bonds. The first-order chi connectivity index (χ1) is 33.0. The molecule has 0 aromatic heterocycles. The second kappa shape index (κ2) is 56.9. The second-order valence-electron chi connectivity index (χ2n) is 20.7. The predicted octanol–water partition coefficient (Wildman–Crippen LogP) is 18.6. The van der Waals surface area contributed by atoms with Crippen LogP contribution in [0.1, 0.15) is 328 Å². The van der Waals surface area contributed by atoms with Crippen molar-refractivity contribution in [3.63, 3.8) is 0 Å². The number of esters is 1. The summed E-state index contributed by atoms with van der Waals surface area (Å²) < 4.78 is 5.45. The third-order valence-electron chi connectivity index (χ3n) is 14.0. The molecule has 0 saturated carbocycles. The number of aliphatic hydroxyl groups is 2. The Labute approximate surface area is 418 Å². The van der Waals surface area contributed by atoms with Gasteiger partial charge in [0.2, 0.25) is 5.91 Å². The molecule has 0 aromatic carbocycles. The van der Waals surface area contributed by atoms with Crippen molar-refractivity contribution in [2.45, 2.75) is 341 Å². The van der Waals surface area contributed by atoms with E-state index in [2.05, 4.69) is 31.3 Å². The smallest absolute Gasteiger partial charge is 0.305 e. The van der Waals surface area contributed by atoms with Gasteiger partial charge in [0, 0.05) is 12.8 Å².